The summed E-state index contributed by atoms with van der Waals surface area (Å²) >= 11 is 0. The largest absolute Gasteiger partial charge is 0.374 e. The number of nitrogens with two attached hydrogens (primary N) is 1. The van der Waals surface area contributed by atoms with E-state index in [1.165, 1.54) is 0 Å². The number of nitrogens with zero attached hydrogens (tertiary/aromatic N) is 1. The fraction of sp³-hybridized carbons (Fsp3) is 0.923. The predicted octanol–water partition coefficient (Wildman–Crippen LogP) is 0.197. The normalized spacial score (nSPS) is 22.4. The zero-order valence-electron chi connectivity index (χ0n) is 12.0. The van der Waals surface area contributed by atoms with Crippen LogP contribution >= 0.6 is 0 Å². The highest BCUT2D eigenvalue weighted by molar-refractivity contribution is 5.80. The van der Waals surface area contributed by atoms with Crippen LogP contribution in [0.4, 0.5) is 0 Å². The number of hydrogen-bond acceptors (Lipinski definition) is 4. The van der Waals surface area contributed by atoms with Crippen molar-refractivity contribution in [2.75, 3.05) is 32.8 Å². The lowest BCUT2D eigenvalue weighted by Crippen LogP contribution is -2.50. The van der Waals surface area contributed by atoms with Gasteiger partial charge in [0.2, 0.25) is 5.91 Å². The Kier molecular flexibility index (Phi) is 5.56. The van der Waals surface area contributed by atoms with Gasteiger partial charge in [0.15, 0.2) is 0 Å². The average Bonchev–Trinajstić information content (AvgIpc) is 2.29. The molecule has 1 aliphatic heterocycles. The Bertz CT molecular complexity index is 279. The number of carbonyl (C=O) groups excluding carboxylic acids is 1. The average molecular weight is 257 g/mol. The molecule has 0 bridgehead atoms. The van der Waals surface area contributed by atoms with E-state index in [0.29, 0.717) is 12.6 Å². The standard InChI is InChI=1S/C13H27N3O2/c1-10(2)16-5-6-18-11(8-16)7-15-9-13(3,4)12(14)17/h10-11,15H,5-9H2,1-4H3,(H2,14,17). The molecule has 18 heavy (non-hydrogen) atoms. The van der Waals surface area contributed by atoms with Crippen molar-refractivity contribution in [1.82, 2.24) is 10.2 Å². The highest BCUT2D eigenvalue weighted by atomic mass is 16.5. The van der Waals surface area contributed by atoms with Crippen molar-refractivity contribution < 1.29 is 9.53 Å². The van der Waals surface area contributed by atoms with E-state index in [1.54, 1.807) is 0 Å². The summed E-state index contributed by atoms with van der Waals surface area (Å²) in [7, 11) is 0. The van der Waals surface area contributed by atoms with Gasteiger partial charge in [-0.1, -0.05) is 0 Å². The molecule has 0 aromatic carbocycles. The lowest BCUT2D eigenvalue weighted by atomic mass is 9.93. The number of nitrogens with one attached hydrogen (secondary N) is 1. The summed E-state index contributed by atoms with van der Waals surface area (Å²) in [6, 6.07) is 0.554. The zero-order chi connectivity index (χ0) is 13.8. The predicted molar refractivity (Wildman–Crippen MR) is 72.3 cm³/mol. The van der Waals surface area contributed by atoms with Gasteiger partial charge in [0, 0.05) is 32.2 Å². The first-order valence-corrected chi connectivity index (χ1v) is 6.69. The Morgan fingerprint density at radius 2 is 2.22 bits per heavy atom. The van der Waals surface area contributed by atoms with E-state index in [2.05, 4.69) is 24.1 Å². The molecule has 0 spiro atoms. The molecule has 1 heterocycles. The molecule has 1 rings (SSSR count). The summed E-state index contributed by atoms with van der Waals surface area (Å²) < 4.78 is 5.71. The van der Waals surface area contributed by atoms with Gasteiger partial charge in [-0.05, 0) is 27.7 Å². The second-order valence-electron chi connectivity index (χ2n) is 5.96. The maximum absolute atomic E-state index is 11.2. The first kappa shape index (κ1) is 15.4. The van der Waals surface area contributed by atoms with Gasteiger partial charge in [0.1, 0.15) is 0 Å². The quantitative estimate of drug-likeness (QED) is 0.713. The highest BCUT2D eigenvalue weighted by Crippen LogP contribution is 2.12. The summed E-state index contributed by atoms with van der Waals surface area (Å²) in [6.45, 7) is 12.2. The van der Waals surface area contributed by atoms with E-state index in [4.69, 9.17) is 10.5 Å². The van der Waals surface area contributed by atoms with Gasteiger partial charge >= 0.3 is 0 Å². The molecule has 1 saturated heterocycles. The van der Waals surface area contributed by atoms with Crippen LogP contribution in [0.1, 0.15) is 27.7 Å². The van der Waals surface area contributed by atoms with E-state index in [9.17, 15) is 4.79 Å². The fourth-order valence-electron chi connectivity index (χ4n) is 1.97. The Morgan fingerprint density at radius 3 is 2.78 bits per heavy atom. The SMILES string of the molecule is CC(C)N1CCOC(CNCC(C)(C)C(N)=O)C1. The molecule has 1 unspecified atom stereocenters. The van der Waals surface area contributed by atoms with Crippen molar-refractivity contribution in [3.05, 3.63) is 0 Å². The molecular formula is C13H27N3O2. The summed E-state index contributed by atoms with van der Waals surface area (Å²) in [4.78, 5) is 13.6. The van der Waals surface area contributed by atoms with Gasteiger partial charge in [-0.2, -0.15) is 0 Å². The molecule has 3 N–H and O–H groups in total. The van der Waals surface area contributed by atoms with Crippen LogP contribution in [-0.2, 0) is 9.53 Å². The van der Waals surface area contributed by atoms with Gasteiger partial charge in [-0.25, -0.2) is 0 Å². The van der Waals surface area contributed by atoms with E-state index in [0.717, 1.165) is 26.2 Å². The minimum absolute atomic E-state index is 0.199. The second kappa shape index (κ2) is 6.50. The molecule has 106 valence electrons. The van der Waals surface area contributed by atoms with Crippen LogP contribution in [0.15, 0.2) is 0 Å². The summed E-state index contributed by atoms with van der Waals surface area (Å²) in [5.41, 5.74) is 4.83. The number of primary amides is 1. The highest BCUT2D eigenvalue weighted by Gasteiger charge is 2.26. The number of ether oxygens (including phenoxy) is 1. The molecule has 0 aromatic rings. The Balaban J connectivity index is 2.29. The third kappa shape index (κ3) is 4.55. The minimum Gasteiger partial charge on any atom is -0.374 e. The van der Waals surface area contributed by atoms with Crippen molar-refractivity contribution in [3.63, 3.8) is 0 Å². The Labute approximate surface area is 110 Å². The molecular weight excluding hydrogens is 230 g/mol. The van der Waals surface area contributed by atoms with Crippen LogP contribution in [0.3, 0.4) is 0 Å². The third-order valence-electron chi connectivity index (χ3n) is 3.51. The molecule has 1 atom stereocenters. The maximum Gasteiger partial charge on any atom is 0.224 e. The van der Waals surface area contributed by atoms with Gasteiger partial charge in [-0.15, -0.1) is 0 Å². The minimum atomic E-state index is -0.508. The van der Waals surface area contributed by atoms with Crippen molar-refractivity contribution >= 4 is 5.91 Å². The topological polar surface area (TPSA) is 67.6 Å². The summed E-state index contributed by atoms with van der Waals surface area (Å²) in [5.74, 6) is -0.275. The van der Waals surface area contributed by atoms with Crippen LogP contribution in [0.5, 0.6) is 0 Å². The van der Waals surface area contributed by atoms with Crippen molar-refractivity contribution in [1.29, 1.82) is 0 Å². The van der Waals surface area contributed by atoms with E-state index >= 15 is 0 Å². The van der Waals surface area contributed by atoms with E-state index in [1.807, 2.05) is 13.8 Å². The van der Waals surface area contributed by atoms with Gasteiger partial charge in [-0.3, -0.25) is 9.69 Å². The van der Waals surface area contributed by atoms with E-state index in [-0.39, 0.29) is 12.0 Å². The second-order valence-corrected chi connectivity index (χ2v) is 5.96. The lowest BCUT2D eigenvalue weighted by molar-refractivity contribution is -0.125. The lowest BCUT2D eigenvalue weighted by Gasteiger charge is -2.36. The van der Waals surface area contributed by atoms with Gasteiger partial charge in [0.05, 0.1) is 18.1 Å². The Hall–Kier alpha value is -0.650. The summed E-state index contributed by atoms with van der Waals surface area (Å²) in [6.07, 6.45) is 0.199. The first-order chi connectivity index (χ1) is 8.33. The van der Waals surface area contributed by atoms with Gasteiger partial charge in [0.25, 0.3) is 0 Å². The van der Waals surface area contributed by atoms with Crippen LogP contribution < -0.4 is 11.1 Å². The van der Waals surface area contributed by atoms with Crippen molar-refractivity contribution in [3.8, 4) is 0 Å². The number of amides is 1. The zero-order valence-corrected chi connectivity index (χ0v) is 12.0. The van der Waals surface area contributed by atoms with Gasteiger partial charge < -0.3 is 15.8 Å². The van der Waals surface area contributed by atoms with Crippen molar-refractivity contribution in [2.24, 2.45) is 11.1 Å². The molecule has 0 radical (unpaired) electrons. The van der Waals surface area contributed by atoms with Crippen LogP contribution in [0.2, 0.25) is 0 Å². The Morgan fingerprint density at radius 1 is 1.56 bits per heavy atom. The fourth-order valence-corrected chi connectivity index (χ4v) is 1.97. The smallest absolute Gasteiger partial charge is 0.224 e. The van der Waals surface area contributed by atoms with Crippen LogP contribution in [0, 0.1) is 5.41 Å². The number of hydrogen-bond donors (Lipinski definition) is 2. The molecule has 1 aliphatic rings. The number of carbonyl (C=O) groups is 1. The molecule has 0 aliphatic carbocycles. The first-order valence-electron chi connectivity index (χ1n) is 6.69. The molecule has 5 nitrogen and oxygen atoms in total. The molecule has 1 fully saturated rings. The number of morpholine rings is 1. The molecule has 1 amide bonds. The van der Waals surface area contributed by atoms with Crippen LogP contribution in [-0.4, -0.2) is 55.7 Å². The molecule has 0 saturated carbocycles. The monoisotopic (exact) mass is 257 g/mol. The van der Waals surface area contributed by atoms with Crippen LogP contribution in [0.25, 0.3) is 0 Å². The molecule has 0 aromatic heterocycles. The van der Waals surface area contributed by atoms with E-state index < -0.39 is 5.41 Å². The number of rotatable bonds is 6. The maximum atomic E-state index is 11.2. The van der Waals surface area contributed by atoms with Crippen molar-refractivity contribution in [2.45, 2.75) is 39.8 Å². The summed E-state index contributed by atoms with van der Waals surface area (Å²) in [5, 5.41) is 3.28. The third-order valence-corrected chi connectivity index (χ3v) is 3.51. The molecule has 5 heteroatoms.